The van der Waals surface area contributed by atoms with Crippen LogP contribution < -0.4 is 4.74 Å². The average molecular weight is 462 g/mol. The van der Waals surface area contributed by atoms with Gasteiger partial charge in [0.15, 0.2) is 12.0 Å². The summed E-state index contributed by atoms with van der Waals surface area (Å²) in [4.78, 5) is 18.9. The van der Waals surface area contributed by atoms with Gasteiger partial charge in [0.2, 0.25) is 0 Å². The predicted octanol–water partition coefficient (Wildman–Crippen LogP) is 1.95. The van der Waals surface area contributed by atoms with Crippen LogP contribution in [0.4, 0.5) is 0 Å². The summed E-state index contributed by atoms with van der Waals surface area (Å²) in [6.45, 7) is 0.621. The molecule has 10 heteroatoms. The number of ether oxygens (including phenoxy) is 3. The van der Waals surface area contributed by atoms with Gasteiger partial charge in [-0.15, -0.1) is 0 Å². The van der Waals surface area contributed by atoms with Crippen molar-refractivity contribution in [3.8, 4) is 22.8 Å². The molecule has 2 aliphatic heterocycles. The topological polar surface area (TPSA) is 132 Å². The molecule has 34 heavy (non-hydrogen) atoms. The lowest BCUT2D eigenvalue weighted by molar-refractivity contribution is -0.136. The van der Waals surface area contributed by atoms with Crippen molar-refractivity contribution in [3.63, 3.8) is 0 Å². The molecular formula is C24H22N4O6. The van der Waals surface area contributed by atoms with Crippen LogP contribution in [-0.2, 0) is 20.7 Å². The number of aromatic nitrogens is 4. The molecule has 0 bridgehead atoms. The van der Waals surface area contributed by atoms with Gasteiger partial charge in [0.25, 0.3) is 0 Å². The summed E-state index contributed by atoms with van der Waals surface area (Å²) in [5.41, 5.74) is 4.83. The molecule has 0 aliphatic carbocycles. The summed E-state index contributed by atoms with van der Waals surface area (Å²) < 4.78 is 19.0. The minimum atomic E-state index is -0.888. The molecule has 4 aromatic rings. The Hall–Kier alpha value is -3.73. The van der Waals surface area contributed by atoms with Crippen LogP contribution in [0.2, 0.25) is 0 Å². The highest BCUT2D eigenvalue weighted by Crippen LogP contribution is 2.31. The van der Waals surface area contributed by atoms with Gasteiger partial charge >= 0.3 is 5.97 Å². The van der Waals surface area contributed by atoms with E-state index in [0.717, 1.165) is 28.0 Å². The van der Waals surface area contributed by atoms with Crippen molar-refractivity contribution >= 4 is 17.0 Å². The third-order valence-electron chi connectivity index (χ3n) is 6.13. The minimum Gasteiger partial charge on any atom is -0.481 e. The Bertz CT molecular complexity index is 1350. The smallest absolute Gasteiger partial charge is 0.307 e. The van der Waals surface area contributed by atoms with E-state index >= 15 is 0 Å². The third-order valence-corrected chi connectivity index (χ3v) is 6.13. The van der Waals surface area contributed by atoms with Gasteiger partial charge in [-0.3, -0.25) is 4.79 Å². The summed E-state index contributed by atoms with van der Waals surface area (Å²) in [5.74, 6) is -0.314. The summed E-state index contributed by atoms with van der Waals surface area (Å²) in [6, 6.07) is 13.5. The van der Waals surface area contributed by atoms with Crippen molar-refractivity contribution < 1.29 is 29.2 Å². The highest BCUT2D eigenvalue weighted by Gasteiger charge is 2.48. The van der Waals surface area contributed by atoms with Gasteiger partial charge in [0, 0.05) is 23.4 Å². The van der Waals surface area contributed by atoms with Crippen molar-refractivity contribution in [1.29, 1.82) is 0 Å². The molecule has 2 aliphatic rings. The fourth-order valence-electron chi connectivity index (χ4n) is 4.47. The molecule has 1 aromatic carbocycles. The molecule has 0 radical (unpaired) electrons. The van der Waals surface area contributed by atoms with Crippen LogP contribution in [0, 0.1) is 0 Å². The Morgan fingerprint density at radius 1 is 1.15 bits per heavy atom. The number of hydrogen-bond donors (Lipinski definition) is 3. The number of fused-ring (bicyclic) bond motifs is 2. The zero-order valence-electron chi connectivity index (χ0n) is 18.0. The molecule has 174 valence electrons. The summed E-state index contributed by atoms with van der Waals surface area (Å²) in [7, 11) is 0. The second-order valence-electron chi connectivity index (χ2n) is 8.49. The summed E-state index contributed by atoms with van der Waals surface area (Å²) in [5, 5.41) is 23.1. The monoisotopic (exact) mass is 462 g/mol. The molecule has 0 saturated carbocycles. The average Bonchev–Trinajstić information content (AvgIpc) is 3.60. The fraction of sp³-hybridized carbons (Fsp3) is 0.292. The van der Waals surface area contributed by atoms with Crippen LogP contribution >= 0.6 is 0 Å². The maximum absolute atomic E-state index is 10.9. The van der Waals surface area contributed by atoms with Crippen molar-refractivity contribution in [1.82, 2.24) is 19.7 Å². The highest BCUT2D eigenvalue weighted by atomic mass is 16.6. The Kier molecular flexibility index (Phi) is 5.05. The molecule has 6 rings (SSSR count). The lowest BCUT2D eigenvalue weighted by Crippen LogP contribution is -2.34. The van der Waals surface area contributed by atoms with E-state index < -0.39 is 12.1 Å². The summed E-state index contributed by atoms with van der Waals surface area (Å²) in [6.07, 6.45) is 1.68. The molecule has 0 unspecified atom stereocenters. The standard InChI is InChI=1S/C24H22N4O6/c29-19-11-32-24-20(12-33-23(19)24)34-21-8-18-17(27-21)6-5-16(26-18)14-1-3-15(4-2-14)28-10-13(9-25-28)7-22(30)31/h1-6,8-10,19-20,23-24,27,29H,7,11-12H2,(H,30,31)/t19-,20-,23-,24-/m1/s1. The SMILES string of the molecule is O=C(O)Cc1cnn(-c2ccc(-c3ccc4[nH]c(O[C@@H]5CO[C@H]6[C@@H]5OC[C@H]6O)cc4n3)cc2)c1. The number of hydrogen-bond acceptors (Lipinski definition) is 7. The van der Waals surface area contributed by atoms with Crippen LogP contribution in [0.3, 0.4) is 0 Å². The van der Waals surface area contributed by atoms with E-state index in [4.69, 9.17) is 24.3 Å². The molecule has 3 N–H and O–H groups in total. The van der Waals surface area contributed by atoms with Crippen molar-refractivity contribution in [2.75, 3.05) is 13.2 Å². The van der Waals surface area contributed by atoms with E-state index in [1.54, 1.807) is 17.1 Å². The number of nitrogens with zero attached hydrogens (tertiary/aromatic N) is 3. The van der Waals surface area contributed by atoms with Gasteiger partial charge in [0.05, 0.1) is 48.2 Å². The zero-order chi connectivity index (χ0) is 23.2. The van der Waals surface area contributed by atoms with E-state index in [9.17, 15) is 9.90 Å². The molecular weight excluding hydrogens is 440 g/mol. The molecule has 5 heterocycles. The number of H-pyrrole nitrogens is 1. The number of nitrogens with one attached hydrogen (secondary N) is 1. The van der Waals surface area contributed by atoms with Gasteiger partial charge in [-0.25, -0.2) is 9.67 Å². The number of benzene rings is 1. The van der Waals surface area contributed by atoms with Crippen LogP contribution in [0.15, 0.2) is 54.9 Å². The zero-order valence-corrected chi connectivity index (χ0v) is 18.0. The predicted molar refractivity (Wildman–Crippen MR) is 120 cm³/mol. The molecule has 0 spiro atoms. The number of carboxylic acids is 1. The maximum Gasteiger partial charge on any atom is 0.307 e. The Morgan fingerprint density at radius 2 is 1.97 bits per heavy atom. The number of pyridine rings is 1. The van der Waals surface area contributed by atoms with E-state index in [1.165, 1.54) is 0 Å². The molecule has 2 saturated heterocycles. The summed E-state index contributed by atoms with van der Waals surface area (Å²) >= 11 is 0. The molecule has 2 fully saturated rings. The van der Waals surface area contributed by atoms with Crippen molar-refractivity contribution in [3.05, 3.63) is 60.4 Å². The van der Waals surface area contributed by atoms with E-state index in [-0.39, 0.29) is 31.3 Å². The number of carboxylic acid groups (broad SMARTS) is 1. The molecule has 4 atom stereocenters. The van der Waals surface area contributed by atoms with Crippen LogP contribution in [0.25, 0.3) is 28.0 Å². The number of rotatable bonds is 6. The maximum atomic E-state index is 10.9. The third kappa shape index (κ3) is 3.81. The first-order valence-corrected chi connectivity index (χ1v) is 11.0. The molecule has 3 aromatic heterocycles. The largest absolute Gasteiger partial charge is 0.481 e. The van der Waals surface area contributed by atoms with E-state index in [0.29, 0.717) is 18.1 Å². The quantitative estimate of drug-likeness (QED) is 0.396. The normalized spacial score (nSPS) is 23.9. The van der Waals surface area contributed by atoms with Crippen molar-refractivity contribution in [2.45, 2.75) is 30.8 Å². The number of aliphatic carboxylic acids is 1. The number of aliphatic hydroxyl groups excluding tert-OH is 1. The first-order chi connectivity index (χ1) is 16.5. The van der Waals surface area contributed by atoms with E-state index in [2.05, 4.69) is 10.1 Å². The minimum absolute atomic E-state index is 0.0611. The second-order valence-corrected chi connectivity index (χ2v) is 8.49. The Morgan fingerprint density at radius 3 is 2.79 bits per heavy atom. The number of carbonyl (C=O) groups is 1. The first-order valence-electron chi connectivity index (χ1n) is 11.0. The Balaban J connectivity index is 1.19. The van der Waals surface area contributed by atoms with Crippen LogP contribution in [-0.4, -0.2) is 73.6 Å². The van der Waals surface area contributed by atoms with Crippen LogP contribution in [0.5, 0.6) is 5.88 Å². The van der Waals surface area contributed by atoms with Crippen molar-refractivity contribution in [2.24, 2.45) is 0 Å². The van der Waals surface area contributed by atoms with Gasteiger partial charge in [0.1, 0.15) is 18.3 Å². The van der Waals surface area contributed by atoms with Gasteiger partial charge < -0.3 is 29.4 Å². The van der Waals surface area contributed by atoms with Gasteiger partial charge in [-0.2, -0.15) is 5.10 Å². The van der Waals surface area contributed by atoms with Gasteiger partial charge in [-0.05, 0) is 24.3 Å². The van der Waals surface area contributed by atoms with Gasteiger partial charge in [-0.1, -0.05) is 12.1 Å². The number of aliphatic hydroxyl groups is 1. The lowest BCUT2D eigenvalue weighted by atomic mass is 10.1. The fourth-order valence-corrected chi connectivity index (χ4v) is 4.47. The molecule has 0 amide bonds. The Labute approximate surface area is 193 Å². The number of aromatic amines is 1. The lowest BCUT2D eigenvalue weighted by Gasteiger charge is -2.16. The first kappa shape index (κ1) is 20.8. The second kappa shape index (κ2) is 8.24. The highest BCUT2D eigenvalue weighted by molar-refractivity contribution is 5.80. The van der Waals surface area contributed by atoms with Crippen LogP contribution in [0.1, 0.15) is 5.56 Å². The van der Waals surface area contributed by atoms with E-state index in [1.807, 2.05) is 42.5 Å². The molecule has 10 nitrogen and oxygen atoms in total.